The van der Waals surface area contributed by atoms with Crippen molar-refractivity contribution < 1.29 is 40.6 Å². The van der Waals surface area contributed by atoms with Crippen LogP contribution < -0.4 is 23.8 Å². The SMILES string of the molecule is COc1ccc(CN(Cc2ccc(OC)cc2)S(=O)(=O)c2c(S(=O)(=O)N[C@@H]3CCN(C(=O)OC(C)(C)C)C3)ccc(N3CCn4ccnc4C3)c2-c2nnnn2Cc2ccc(OC)cc2)cc1. The zero-order chi connectivity index (χ0) is 47.5. The van der Waals surface area contributed by atoms with Crippen molar-refractivity contribution in [3.63, 3.8) is 0 Å². The molecule has 4 heterocycles. The summed E-state index contributed by atoms with van der Waals surface area (Å²) in [6, 6.07) is 23.4. The first kappa shape index (κ1) is 47.0. The average Bonchev–Trinajstić information content (AvgIpc) is 4.10. The Morgan fingerprint density at radius 1 is 0.791 bits per heavy atom. The van der Waals surface area contributed by atoms with Crippen LogP contribution in [0, 0.1) is 0 Å². The van der Waals surface area contributed by atoms with E-state index in [-0.39, 0.29) is 57.1 Å². The van der Waals surface area contributed by atoms with Crippen molar-refractivity contribution in [3.8, 4) is 28.6 Å². The summed E-state index contributed by atoms with van der Waals surface area (Å²) in [7, 11) is -4.96. The lowest BCUT2D eigenvalue weighted by atomic mass is 10.1. The number of likely N-dealkylation sites (tertiary alicyclic amines) is 1. The van der Waals surface area contributed by atoms with Gasteiger partial charge in [-0.2, -0.15) is 4.31 Å². The molecule has 1 atom stereocenters. The second kappa shape index (κ2) is 19.4. The van der Waals surface area contributed by atoms with Gasteiger partial charge in [0.1, 0.15) is 38.5 Å². The van der Waals surface area contributed by atoms with E-state index in [0.29, 0.717) is 47.2 Å². The summed E-state index contributed by atoms with van der Waals surface area (Å²) in [6.45, 7) is 6.45. The quantitative estimate of drug-likeness (QED) is 0.131. The molecule has 2 aromatic heterocycles. The van der Waals surface area contributed by atoms with E-state index >= 15 is 16.8 Å². The number of hydrogen-bond acceptors (Lipinski definition) is 14. The van der Waals surface area contributed by atoms with Crippen molar-refractivity contribution >= 4 is 31.8 Å². The first-order chi connectivity index (χ1) is 32.0. The van der Waals surface area contributed by atoms with Gasteiger partial charge in [0.05, 0.1) is 40.0 Å². The molecule has 0 bridgehead atoms. The van der Waals surface area contributed by atoms with E-state index in [1.54, 1.807) is 115 Å². The zero-order valence-corrected chi connectivity index (χ0v) is 39.8. The number of carbonyl (C=O) groups is 1. The molecule has 2 aliphatic heterocycles. The second-order valence-corrected chi connectivity index (χ2v) is 20.8. The molecule has 1 N–H and O–H groups in total. The maximum Gasteiger partial charge on any atom is 0.410 e. The van der Waals surface area contributed by atoms with Gasteiger partial charge in [0.2, 0.25) is 20.0 Å². The van der Waals surface area contributed by atoms with Crippen LogP contribution in [0.2, 0.25) is 0 Å². The summed E-state index contributed by atoms with van der Waals surface area (Å²) >= 11 is 0. The fraction of sp³-hybridized carbons (Fsp3) is 0.370. The molecule has 0 aliphatic carbocycles. The highest BCUT2D eigenvalue weighted by Crippen LogP contribution is 2.43. The summed E-state index contributed by atoms with van der Waals surface area (Å²) in [5.41, 5.74) is 1.58. The van der Waals surface area contributed by atoms with Gasteiger partial charge in [-0.1, -0.05) is 36.4 Å². The molecule has 0 radical (unpaired) electrons. The normalized spacial score (nSPS) is 15.4. The lowest BCUT2D eigenvalue weighted by Crippen LogP contribution is -2.41. The van der Waals surface area contributed by atoms with Crippen molar-refractivity contribution in [2.75, 3.05) is 45.9 Å². The van der Waals surface area contributed by atoms with Gasteiger partial charge in [-0.3, -0.25) is 0 Å². The number of rotatable bonds is 16. The Morgan fingerprint density at radius 3 is 1.97 bits per heavy atom. The van der Waals surface area contributed by atoms with Gasteiger partial charge in [0, 0.05) is 63.4 Å². The number of anilines is 1. The van der Waals surface area contributed by atoms with Crippen molar-refractivity contribution in [1.82, 2.24) is 43.7 Å². The van der Waals surface area contributed by atoms with Crippen molar-refractivity contribution in [1.29, 1.82) is 0 Å². The lowest BCUT2D eigenvalue weighted by molar-refractivity contribution is 0.0292. The second-order valence-electron chi connectivity index (χ2n) is 17.3. The Bertz CT molecular complexity index is 2870. The molecule has 1 fully saturated rings. The Labute approximate surface area is 390 Å². The van der Waals surface area contributed by atoms with Crippen LogP contribution in [-0.2, 0) is 57.5 Å². The molecule has 67 heavy (non-hydrogen) atoms. The predicted molar refractivity (Wildman–Crippen MR) is 248 cm³/mol. The smallest absolute Gasteiger partial charge is 0.410 e. The van der Waals surface area contributed by atoms with Crippen LogP contribution >= 0.6 is 0 Å². The summed E-state index contributed by atoms with van der Waals surface area (Å²) in [5.74, 6) is 2.53. The number of fused-ring (bicyclic) bond motifs is 1. The Morgan fingerprint density at radius 2 is 1.39 bits per heavy atom. The molecule has 0 unspecified atom stereocenters. The van der Waals surface area contributed by atoms with E-state index in [1.165, 1.54) is 20.0 Å². The number of nitrogens with zero attached hydrogens (tertiary/aromatic N) is 9. The van der Waals surface area contributed by atoms with Gasteiger partial charge in [0.25, 0.3) is 0 Å². The average molecular weight is 955 g/mol. The molecule has 4 aromatic carbocycles. The number of methoxy groups -OCH3 is 3. The van der Waals surface area contributed by atoms with E-state index in [9.17, 15) is 4.79 Å². The fourth-order valence-corrected chi connectivity index (χ4v) is 11.8. The van der Waals surface area contributed by atoms with Gasteiger partial charge in [-0.25, -0.2) is 36.0 Å². The molecule has 2 aliphatic rings. The summed E-state index contributed by atoms with van der Waals surface area (Å²) in [5, 5.41) is 12.9. The standard InChI is InChI=1S/C46H54N10O9S2/c1-46(2,3)65-45(57)54-23-21-35(30-54)49-66(58,59)40-20-19-39(53-26-25-52-24-22-47-41(52)31-53)42(44-48-50-51-56(44)29-34-11-17-38(64-6)18-12-34)43(40)67(60,61)55(27-32-7-13-36(62-4)14-8-32)28-33-9-15-37(63-5)16-10-33/h7-20,22,24,35,49H,21,23,25-31H2,1-6H3/t35-/m1/s1. The third-order valence-corrected chi connectivity index (χ3v) is 15.1. The number of ether oxygens (including phenoxy) is 4. The highest BCUT2D eigenvalue weighted by molar-refractivity contribution is 7.92. The number of imidazole rings is 1. The van der Waals surface area contributed by atoms with Gasteiger partial charge < -0.3 is 33.3 Å². The van der Waals surface area contributed by atoms with Crippen molar-refractivity contribution in [3.05, 3.63) is 120 Å². The number of amides is 1. The minimum atomic E-state index is -4.89. The minimum Gasteiger partial charge on any atom is -0.497 e. The fourth-order valence-electron chi connectivity index (χ4n) is 8.13. The Kier molecular flexibility index (Phi) is 13.6. The molecule has 8 rings (SSSR count). The third-order valence-electron chi connectivity index (χ3n) is 11.5. The van der Waals surface area contributed by atoms with Crippen molar-refractivity contribution in [2.24, 2.45) is 0 Å². The first-order valence-electron chi connectivity index (χ1n) is 21.6. The molecule has 1 amide bonds. The third kappa shape index (κ3) is 10.5. The lowest BCUT2D eigenvalue weighted by Gasteiger charge is -2.33. The van der Waals surface area contributed by atoms with Crippen LogP contribution in [-0.4, -0.2) is 114 Å². The minimum absolute atomic E-state index is 0.00274. The molecule has 1 saturated heterocycles. The highest BCUT2D eigenvalue weighted by Gasteiger charge is 2.41. The molecule has 6 aromatic rings. The number of sulfonamides is 2. The zero-order valence-electron chi connectivity index (χ0n) is 38.2. The van der Waals surface area contributed by atoms with Crippen LogP contribution in [0.5, 0.6) is 17.2 Å². The Hall–Kier alpha value is -6.55. The summed E-state index contributed by atoms with van der Waals surface area (Å²) in [6.07, 6.45) is 3.26. The van der Waals surface area contributed by atoms with E-state index < -0.39 is 47.6 Å². The number of carbonyl (C=O) groups excluding carboxylic acids is 1. The van der Waals surface area contributed by atoms with Gasteiger partial charge in [-0.05, 0) is 103 Å². The van der Waals surface area contributed by atoms with E-state index in [1.807, 2.05) is 27.8 Å². The molecular weight excluding hydrogens is 901 g/mol. The number of tetrazole rings is 1. The monoisotopic (exact) mass is 954 g/mol. The first-order valence-corrected chi connectivity index (χ1v) is 24.5. The molecule has 354 valence electrons. The van der Waals surface area contributed by atoms with E-state index in [0.717, 1.165) is 11.4 Å². The topological polar surface area (TPSA) is 205 Å². The van der Waals surface area contributed by atoms with Crippen LogP contribution in [0.4, 0.5) is 10.5 Å². The maximum atomic E-state index is 16.2. The van der Waals surface area contributed by atoms with Crippen LogP contribution in [0.1, 0.15) is 49.7 Å². The van der Waals surface area contributed by atoms with Crippen LogP contribution in [0.25, 0.3) is 11.4 Å². The Balaban J connectivity index is 1.33. The number of nitrogens with one attached hydrogen (secondary N) is 1. The molecular formula is C46H54N10O9S2. The van der Waals surface area contributed by atoms with Gasteiger partial charge in [-0.15, -0.1) is 5.10 Å². The molecule has 19 nitrogen and oxygen atoms in total. The number of hydrogen-bond donors (Lipinski definition) is 1. The number of aromatic nitrogens is 6. The van der Waals surface area contributed by atoms with Crippen molar-refractivity contribution in [2.45, 2.75) is 81.3 Å². The van der Waals surface area contributed by atoms with Gasteiger partial charge in [0.15, 0.2) is 5.82 Å². The van der Waals surface area contributed by atoms with E-state index in [4.69, 9.17) is 18.9 Å². The largest absolute Gasteiger partial charge is 0.497 e. The molecule has 0 spiro atoms. The predicted octanol–water partition coefficient (Wildman–Crippen LogP) is 5.31. The molecule has 21 heteroatoms. The van der Waals surface area contributed by atoms with Crippen LogP contribution in [0.3, 0.4) is 0 Å². The number of benzene rings is 4. The highest BCUT2D eigenvalue weighted by atomic mass is 32.2. The summed E-state index contributed by atoms with van der Waals surface area (Å²) in [4.78, 5) is 20.0. The summed E-state index contributed by atoms with van der Waals surface area (Å²) < 4.78 is 92.0. The van der Waals surface area contributed by atoms with E-state index in [2.05, 4.69) is 25.2 Å². The van der Waals surface area contributed by atoms with Crippen LogP contribution in [0.15, 0.2) is 107 Å². The van der Waals surface area contributed by atoms with Gasteiger partial charge >= 0.3 is 6.09 Å². The molecule has 0 saturated carbocycles. The maximum absolute atomic E-state index is 16.2.